The normalized spacial score (nSPS) is 15.8. The summed E-state index contributed by atoms with van der Waals surface area (Å²) >= 11 is 0. The van der Waals surface area contributed by atoms with Gasteiger partial charge in [0.05, 0.1) is 19.8 Å². The van der Waals surface area contributed by atoms with Gasteiger partial charge in [-0.15, -0.1) is 0 Å². The molecule has 1 aliphatic carbocycles. The molecule has 0 spiro atoms. The van der Waals surface area contributed by atoms with Crippen molar-refractivity contribution in [1.29, 1.82) is 0 Å². The van der Waals surface area contributed by atoms with E-state index in [1.807, 2.05) is 32.0 Å². The lowest BCUT2D eigenvalue weighted by Crippen LogP contribution is -2.23. The van der Waals surface area contributed by atoms with E-state index in [1.165, 1.54) is 0 Å². The molecule has 0 atom stereocenters. The summed E-state index contributed by atoms with van der Waals surface area (Å²) in [6.07, 6.45) is 2.54. The average molecular weight is 236 g/mol. The van der Waals surface area contributed by atoms with E-state index in [0.29, 0.717) is 6.10 Å². The van der Waals surface area contributed by atoms with E-state index >= 15 is 0 Å². The largest absolute Gasteiger partial charge is 0.493 e. The second-order valence-electron chi connectivity index (χ2n) is 5.20. The molecule has 0 radical (unpaired) electrons. The lowest BCUT2D eigenvalue weighted by Gasteiger charge is -2.26. The third kappa shape index (κ3) is 2.55. The van der Waals surface area contributed by atoms with E-state index in [9.17, 15) is 5.11 Å². The third-order valence-corrected chi connectivity index (χ3v) is 3.13. The first-order valence-corrected chi connectivity index (χ1v) is 6.03. The van der Waals surface area contributed by atoms with Gasteiger partial charge in [0, 0.05) is 11.0 Å². The molecule has 2 rings (SSSR count). The molecule has 0 saturated heterocycles. The van der Waals surface area contributed by atoms with Crippen LogP contribution in [0.15, 0.2) is 18.2 Å². The number of para-hydroxylation sites is 1. The zero-order valence-electron chi connectivity index (χ0n) is 10.7. The fourth-order valence-electron chi connectivity index (χ4n) is 1.77. The van der Waals surface area contributed by atoms with Crippen molar-refractivity contribution in [3.63, 3.8) is 0 Å². The molecule has 94 valence electrons. The van der Waals surface area contributed by atoms with Crippen molar-refractivity contribution < 1.29 is 14.6 Å². The second-order valence-corrected chi connectivity index (χ2v) is 5.20. The first kappa shape index (κ1) is 12.2. The number of hydrogen-bond donors (Lipinski definition) is 1. The van der Waals surface area contributed by atoms with E-state index in [4.69, 9.17) is 9.47 Å². The van der Waals surface area contributed by atoms with Gasteiger partial charge in [-0.2, -0.15) is 0 Å². The summed E-state index contributed by atoms with van der Waals surface area (Å²) in [4.78, 5) is 0. The highest BCUT2D eigenvalue weighted by Gasteiger charge is 2.30. The van der Waals surface area contributed by atoms with Crippen LogP contribution in [0.4, 0.5) is 0 Å². The molecule has 0 unspecified atom stereocenters. The van der Waals surface area contributed by atoms with Crippen LogP contribution in [-0.4, -0.2) is 24.9 Å². The minimum absolute atomic E-state index is 0.0845. The molecule has 1 aliphatic rings. The Morgan fingerprint density at radius 1 is 1.35 bits per heavy atom. The van der Waals surface area contributed by atoms with Gasteiger partial charge in [0.2, 0.25) is 0 Å². The molecule has 0 bridgehead atoms. The average Bonchev–Trinajstić information content (AvgIpc) is 3.13. The van der Waals surface area contributed by atoms with E-state index in [0.717, 1.165) is 29.9 Å². The predicted octanol–water partition coefficient (Wildman–Crippen LogP) is 2.51. The van der Waals surface area contributed by atoms with Crippen molar-refractivity contribution in [1.82, 2.24) is 0 Å². The molecule has 0 heterocycles. The van der Waals surface area contributed by atoms with Crippen molar-refractivity contribution in [2.75, 3.05) is 13.7 Å². The molecular formula is C14H20O3. The molecule has 1 N–H and O–H groups in total. The summed E-state index contributed by atoms with van der Waals surface area (Å²) in [5.41, 5.74) is 0.685. The van der Waals surface area contributed by atoms with Crippen molar-refractivity contribution in [3.05, 3.63) is 23.8 Å². The van der Waals surface area contributed by atoms with E-state index in [-0.39, 0.29) is 12.0 Å². The Balaban J connectivity index is 2.41. The molecule has 17 heavy (non-hydrogen) atoms. The van der Waals surface area contributed by atoms with Gasteiger partial charge in [0.1, 0.15) is 0 Å². The van der Waals surface area contributed by atoms with Gasteiger partial charge < -0.3 is 14.6 Å². The minimum Gasteiger partial charge on any atom is -0.493 e. The first-order chi connectivity index (χ1) is 8.08. The highest BCUT2D eigenvalue weighted by atomic mass is 16.5. The summed E-state index contributed by atoms with van der Waals surface area (Å²) < 4.78 is 11.3. The van der Waals surface area contributed by atoms with Crippen LogP contribution in [0.2, 0.25) is 0 Å². The van der Waals surface area contributed by atoms with Crippen LogP contribution in [0.5, 0.6) is 11.5 Å². The van der Waals surface area contributed by atoms with Crippen LogP contribution in [0.3, 0.4) is 0 Å². The standard InChI is InChI=1S/C14H20O3/c1-14(2,9-15)11-5-4-6-12(16-3)13(11)17-10-7-8-10/h4-6,10,15H,7-9H2,1-3H3. The number of methoxy groups -OCH3 is 1. The molecule has 3 nitrogen and oxygen atoms in total. The molecule has 1 fully saturated rings. The Labute approximate surface area is 102 Å². The smallest absolute Gasteiger partial charge is 0.165 e. The van der Waals surface area contributed by atoms with Gasteiger partial charge in [-0.1, -0.05) is 26.0 Å². The predicted molar refractivity (Wildman–Crippen MR) is 66.8 cm³/mol. The summed E-state index contributed by atoms with van der Waals surface area (Å²) in [6, 6.07) is 5.83. The van der Waals surface area contributed by atoms with Crippen LogP contribution in [0.25, 0.3) is 0 Å². The second kappa shape index (κ2) is 4.57. The van der Waals surface area contributed by atoms with Crippen molar-refractivity contribution in [3.8, 4) is 11.5 Å². The van der Waals surface area contributed by atoms with Gasteiger partial charge in [-0.3, -0.25) is 0 Å². The molecule has 3 heteroatoms. The fourth-order valence-corrected chi connectivity index (χ4v) is 1.77. The Morgan fingerprint density at radius 3 is 2.59 bits per heavy atom. The fraction of sp³-hybridized carbons (Fsp3) is 0.571. The Kier molecular flexibility index (Phi) is 3.29. The van der Waals surface area contributed by atoms with Crippen molar-refractivity contribution in [2.24, 2.45) is 0 Å². The van der Waals surface area contributed by atoms with Gasteiger partial charge in [-0.25, -0.2) is 0 Å². The molecular weight excluding hydrogens is 216 g/mol. The Morgan fingerprint density at radius 2 is 2.06 bits per heavy atom. The van der Waals surface area contributed by atoms with Gasteiger partial charge in [-0.05, 0) is 18.9 Å². The van der Waals surface area contributed by atoms with Crippen molar-refractivity contribution >= 4 is 0 Å². The van der Waals surface area contributed by atoms with E-state index in [2.05, 4.69) is 0 Å². The summed E-state index contributed by atoms with van der Waals surface area (Å²) in [6.45, 7) is 4.09. The highest BCUT2D eigenvalue weighted by molar-refractivity contribution is 5.50. The quantitative estimate of drug-likeness (QED) is 0.853. The number of rotatable bonds is 5. The monoisotopic (exact) mass is 236 g/mol. The maximum absolute atomic E-state index is 9.49. The summed E-state index contributed by atoms with van der Waals surface area (Å²) in [5.74, 6) is 1.53. The molecule has 0 aromatic heterocycles. The molecule has 0 amide bonds. The zero-order chi connectivity index (χ0) is 12.5. The molecule has 1 aromatic rings. The number of ether oxygens (including phenoxy) is 2. The number of benzene rings is 1. The molecule has 1 saturated carbocycles. The lowest BCUT2D eigenvalue weighted by molar-refractivity contribution is 0.208. The van der Waals surface area contributed by atoms with Gasteiger partial charge in [0.25, 0.3) is 0 Å². The van der Waals surface area contributed by atoms with Crippen LogP contribution >= 0.6 is 0 Å². The summed E-state index contributed by atoms with van der Waals surface area (Å²) in [5, 5.41) is 9.49. The van der Waals surface area contributed by atoms with Gasteiger partial charge >= 0.3 is 0 Å². The van der Waals surface area contributed by atoms with Crippen LogP contribution in [0, 0.1) is 0 Å². The Bertz CT molecular complexity index is 394. The number of aliphatic hydroxyl groups is 1. The number of hydrogen-bond acceptors (Lipinski definition) is 3. The maximum Gasteiger partial charge on any atom is 0.165 e. The Hall–Kier alpha value is -1.22. The third-order valence-electron chi connectivity index (χ3n) is 3.13. The number of aliphatic hydroxyl groups excluding tert-OH is 1. The first-order valence-electron chi connectivity index (χ1n) is 6.03. The zero-order valence-corrected chi connectivity index (χ0v) is 10.7. The molecule has 0 aliphatic heterocycles. The summed E-state index contributed by atoms with van der Waals surface area (Å²) in [7, 11) is 1.64. The van der Waals surface area contributed by atoms with Gasteiger partial charge in [0.15, 0.2) is 11.5 Å². The SMILES string of the molecule is COc1cccc(C(C)(C)CO)c1OC1CC1. The molecule has 1 aromatic carbocycles. The topological polar surface area (TPSA) is 38.7 Å². The lowest BCUT2D eigenvalue weighted by atomic mass is 9.85. The van der Waals surface area contributed by atoms with Crippen LogP contribution < -0.4 is 9.47 Å². The minimum atomic E-state index is -0.321. The van der Waals surface area contributed by atoms with Crippen LogP contribution in [-0.2, 0) is 5.41 Å². The van der Waals surface area contributed by atoms with Crippen LogP contribution in [0.1, 0.15) is 32.3 Å². The highest BCUT2D eigenvalue weighted by Crippen LogP contribution is 2.41. The maximum atomic E-state index is 9.49. The van der Waals surface area contributed by atoms with E-state index < -0.39 is 0 Å². The van der Waals surface area contributed by atoms with E-state index in [1.54, 1.807) is 7.11 Å². The van der Waals surface area contributed by atoms with Crippen molar-refractivity contribution in [2.45, 2.75) is 38.2 Å².